The van der Waals surface area contributed by atoms with Crippen LogP contribution in [0.2, 0.25) is 5.02 Å². The molecule has 162 valence electrons. The molecule has 0 saturated carbocycles. The summed E-state index contributed by atoms with van der Waals surface area (Å²) >= 11 is 6.25. The third-order valence-corrected chi connectivity index (χ3v) is 4.91. The van der Waals surface area contributed by atoms with Gasteiger partial charge < -0.3 is 20.9 Å². The Balaban J connectivity index is 0.00000320. The minimum absolute atomic E-state index is 0. The molecule has 0 spiro atoms. The normalized spacial score (nSPS) is 16.0. The monoisotopic (exact) mass is 543 g/mol. The number of hydrogen-bond donors (Lipinski definition) is 3. The van der Waals surface area contributed by atoms with Crippen LogP contribution in [-0.4, -0.2) is 54.6 Å². The Morgan fingerprint density at radius 1 is 1.33 bits per heavy atom. The van der Waals surface area contributed by atoms with Gasteiger partial charge in [0.2, 0.25) is 5.91 Å². The van der Waals surface area contributed by atoms with E-state index < -0.39 is 0 Å². The number of nitrogens with zero attached hydrogens (tertiary/aromatic N) is 4. The summed E-state index contributed by atoms with van der Waals surface area (Å²) in [5, 5.41) is 10.0. The zero-order valence-electron chi connectivity index (χ0n) is 17.1. The molecule has 2 aromatic rings. The second-order valence-corrected chi connectivity index (χ2v) is 7.31. The molecule has 1 aliphatic heterocycles. The van der Waals surface area contributed by atoms with Gasteiger partial charge in [0.15, 0.2) is 5.96 Å². The predicted octanol–water partition coefficient (Wildman–Crippen LogP) is 2.83. The number of hydrogen-bond acceptors (Lipinski definition) is 5. The first-order chi connectivity index (χ1) is 14.0. The van der Waals surface area contributed by atoms with Crippen molar-refractivity contribution in [2.45, 2.75) is 25.8 Å². The van der Waals surface area contributed by atoms with Gasteiger partial charge in [-0.3, -0.25) is 9.79 Å². The topological polar surface area (TPSA) is 94.5 Å². The largest absolute Gasteiger partial charge is 0.356 e. The van der Waals surface area contributed by atoms with E-state index in [1.165, 1.54) is 0 Å². The molecule has 0 radical (unpaired) electrons. The number of carbonyl (C=O) groups excluding carboxylic acids is 1. The molecule has 30 heavy (non-hydrogen) atoms. The summed E-state index contributed by atoms with van der Waals surface area (Å²) in [6.07, 6.45) is 4.74. The molecule has 1 atom stereocenters. The fourth-order valence-corrected chi connectivity index (χ4v) is 3.35. The van der Waals surface area contributed by atoms with Crippen LogP contribution in [0.3, 0.4) is 0 Å². The van der Waals surface area contributed by atoms with E-state index >= 15 is 0 Å². The highest BCUT2D eigenvalue weighted by atomic mass is 127. The lowest BCUT2D eigenvalue weighted by atomic mass is 10.3. The molecule has 1 fully saturated rings. The van der Waals surface area contributed by atoms with Crippen LogP contribution in [0.25, 0.3) is 0 Å². The maximum atomic E-state index is 12.1. The minimum Gasteiger partial charge on any atom is -0.356 e. The Labute approximate surface area is 198 Å². The van der Waals surface area contributed by atoms with Crippen LogP contribution in [0.5, 0.6) is 0 Å². The molecule has 3 rings (SSSR count). The van der Waals surface area contributed by atoms with E-state index in [2.05, 4.69) is 35.8 Å². The summed E-state index contributed by atoms with van der Waals surface area (Å²) in [6, 6.07) is 7.61. The standard InChI is InChI=1S/C20H26ClN7O.HI/c1-14-5-6-17(25-12-14)27-18(29)7-10-24-20(22-2)26-15-8-11-28(13-15)19-16(21)4-3-9-23-19;/h3-6,9,12,15H,7-8,10-11,13H2,1-2H3,(H2,22,24,26)(H,25,27,29);1H. The zero-order chi connectivity index (χ0) is 20.6. The van der Waals surface area contributed by atoms with Crippen molar-refractivity contribution in [2.24, 2.45) is 4.99 Å². The molecule has 2 aromatic heterocycles. The van der Waals surface area contributed by atoms with E-state index in [-0.39, 0.29) is 35.9 Å². The molecule has 1 aliphatic rings. The SMILES string of the molecule is CN=C(NCCC(=O)Nc1ccc(C)cn1)NC1CCN(c2ncccc2Cl)C1.I. The Morgan fingerprint density at radius 3 is 2.87 bits per heavy atom. The Kier molecular flexibility index (Phi) is 9.57. The van der Waals surface area contributed by atoms with Crippen LogP contribution in [0.15, 0.2) is 41.7 Å². The van der Waals surface area contributed by atoms with E-state index in [1.807, 2.05) is 25.1 Å². The van der Waals surface area contributed by atoms with Gasteiger partial charge in [-0.2, -0.15) is 0 Å². The third kappa shape index (κ3) is 6.98. The molecule has 3 heterocycles. The predicted molar refractivity (Wildman–Crippen MR) is 132 cm³/mol. The first-order valence-electron chi connectivity index (χ1n) is 9.60. The number of guanidine groups is 1. The number of aromatic nitrogens is 2. The maximum Gasteiger partial charge on any atom is 0.227 e. The van der Waals surface area contributed by atoms with Gasteiger partial charge in [-0.15, -0.1) is 24.0 Å². The number of halogens is 2. The number of anilines is 2. The van der Waals surface area contributed by atoms with Crippen LogP contribution >= 0.6 is 35.6 Å². The van der Waals surface area contributed by atoms with Crippen LogP contribution in [-0.2, 0) is 4.79 Å². The number of rotatable bonds is 6. The van der Waals surface area contributed by atoms with E-state index in [1.54, 1.807) is 25.5 Å². The molecular formula is C20H27ClIN7O. The molecule has 10 heteroatoms. The van der Waals surface area contributed by atoms with Crippen LogP contribution in [0.4, 0.5) is 11.6 Å². The first kappa shape index (κ1) is 24.1. The van der Waals surface area contributed by atoms with Gasteiger partial charge >= 0.3 is 0 Å². The summed E-state index contributed by atoms with van der Waals surface area (Å²) in [6.45, 7) is 4.09. The molecule has 3 N–H and O–H groups in total. The number of aryl methyl sites for hydroxylation is 1. The second-order valence-electron chi connectivity index (χ2n) is 6.90. The molecule has 0 bridgehead atoms. The molecule has 1 unspecified atom stereocenters. The Morgan fingerprint density at radius 2 is 2.17 bits per heavy atom. The molecule has 0 aliphatic carbocycles. The molecule has 1 amide bonds. The summed E-state index contributed by atoms with van der Waals surface area (Å²) in [7, 11) is 1.72. The van der Waals surface area contributed by atoms with Crippen molar-refractivity contribution >= 4 is 59.1 Å². The van der Waals surface area contributed by atoms with E-state index in [0.29, 0.717) is 29.8 Å². The number of carbonyl (C=O) groups is 1. The summed E-state index contributed by atoms with van der Waals surface area (Å²) in [5.41, 5.74) is 1.05. The van der Waals surface area contributed by atoms with Gasteiger partial charge in [-0.25, -0.2) is 9.97 Å². The Hall–Kier alpha value is -2.14. The van der Waals surface area contributed by atoms with E-state index in [0.717, 1.165) is 30.9 Å². The van der Waals surface area contributed by atoms with Gasteiger partial charge in [-0.1, -0.05) is 17.7 Å². The van der Waals surface area contributed by atoms with Crippen LogP contribution in [0, 0.1) is 6.92 Å². The van der Waals surface area contributed by atoms with E-state index in [9.17, 15) is 4.79 Å². The van der Waals surface area contributed by atoms with Crippen molar-refractivity contribution in [3.05, 3.63) is 47.2 Å². The molecule has 0 aromatic carbocycles. The summed E-state index contributed by atoms with van der Waals surface area (Å²) in [5.74, 6) is 1.94. The van der Waals surface area contributed by atoms with Gasteiger partial charge in [0.1, 0.15) is 11.6 Å². The van der Waals surface area contributed by atoms with Crippen molar-refractivity contribution in [2.75, 3.05) is 36.9 Å². The molecular weight excluding hydrogens is 517 g/mol. The highest BCUT2D eigenvalue weighted by Crippen LogP contribution is 2.25. The van der Waals surface area contributed by atoms with Crippen molar-refractivity contribution in [3.8, 4) is 0 Å². The summed E-state index contributed by atoms with van der Waals surface area (Å²) < 4.78 is 0. The highest BCUT2D eigenvalue weighted by Gasteiger charge is 2.25. The molecule has 8 nitrogen and oxygen atoms in total. The van der Waals surface area contributed by atoms with Crippen molar-refractivity contribution in [3.63, 3.8) is 0 Å². The average Bonchev–Trinajstić information content (AvgIpc) is 3.17. The van der Waals surface area contributed by atoms with Crippen molar-refractivity contribution in [1.29, 1.82) is 0 Å². The highest BCUT2D eigenvalue weighted by molar-refractivity contribution is 14.0. The fourth-order valence-electron chi connectivity index (χ4n) is 3.11. The minimum atomic E-state index is -0.0962. The maximum absolute atomic E-state index is 12.1. The van der Waals surface area contributed by atoms with Crippen LogP contribution < -0.4 is 20.9 Å². The lowest BCUT2D eigenvalue weighted by molar-refractivity contribution is -0.116. The zero-order valence-corrected chi connectivity index (χ0v) is 20.1. The second kappa shape index (κ2) is 11.9. The summed E-state index contributed by atoms with van der Waals surface area (Å²) in [4.78, 5) is 27.0. The number of pyridine rings is 2. The average molecular weight is 544 g/mol. The number of amides is 1. The lowest BCUT2D eigenvalue weighted by Gasteiger charge is -2.20. The quantitative estimate of drug-likeness (QED) is 0.295. The Bertz CT molecular complexity index is 862. The third-order valence-electron chi connectivity index (χ3n) is 4.61. The van der Waals surface area contributed by atoms with Gasteiger partial charge in [-0.05, 0) is 37.1 Å². The van der Waals surface area contributed by atoms with E-state index in [4.69, 9.17) is 11.6 Å². The van der Waals surface area contributed by atoms with Gasteiger partial charge in [0.25, 0.3) is 0 Å². The van der Waals surface area contributed by atoms with Gasteiger partial charge in [0.05, 0.1) is 5.02 Å². The smallest absolute Gasteiger partial charge is 0.227 e. The van der Waals surface area contributed by atoms with Crippen LogP contribution in [0.1, 0.15) is 18.4 Å². The lowest BCUT2D eigenvalue weighted by Crippen LogP contribution is -2.45. The fraction of sp³-hybridized carbons (Fsp3) is 0.400. The number of nitrogens with one attached hydrogen (secondary N) is 3. The van der Waals surface area contributed by atoms with Crippen molar-refractivity contribution in [1.82, 2.24) is 20.6 Å². The first-order valence-corrected chi connectivity index (χ1v) is 9.98. The number of aliphatic imine (C=N–C) groups is 1. The molecule has 1 saturated heterocycles. The van der Waals surface area contributed by atoms with Crippen molar-refractivity contribution < 1.29 is 4.79 Å². The van der Waals surface area contributed by atoms with Gasteiger partial charge in [0, 0.05) is 51.5 Å².